The van der Waals surface area contributed by atoms with Gasteiger partial charge in [-0.05, 0) is 30.2 Å². The third-order valence-electron chi connectivity index (χ3n) is 3.83. The van der Waals surface area contributed by atoms with E-state index < -0.39 is 0 Å². The summed E-state index contributed by atoms with van der Waals surface area (Å²) < 4.78 is 14.7. The van der Waals surface area contributed by atoms with E-state index in [1.165, 1.54) is 6.07 Å². The second-order valence-electron chi connectivity index (χ2n) is 5.55. The summed E-state index contributed by atoms with van der Waals surface area (Å²) in [5.74, 6) is 0.345. The summed E-state index contributed by atoms with van der Waals surface area (Å²) in [6.07, 6.45) is 4.10. The van der Waals surface area contributed by atoms with Crippen molar-refractivity contribution < 1.29 is 4.39 Å². The van der Waals surface area contributed by atoms with Crippen LogP contribution < -0.4 is 5.32 Å². The Kier molecular flexibility index (Phi) is 4.35. The van der Waals surface area contributed by atoms with Crippen molar-refractivity contribution in [3.05, 3.63) is 72.3 Å². The van der Waals surface area contributed by atoms with E-state index >= 15 is 0 Å². The smallest absolute Gasteiger partial charge is 0.222 e. The predicted molar refractivity (Wildman–Crippen MR) is 99.2 cm³/mol. The maximum atomic E-state index is 13.6. The molecule has 6 heteroatoms. The fourth-order valence-corrected chi connectivity index (χ4v) is 3.48. The van der Waals surface area contributed by atoms with Crippen molar-refractivity contribution in [3.63, 3.8) is 0 Å². The molecule has 2 heterocycles. The highest BCUT2D eigenvalue weighted by atomic mass is 32.1. The van der Waals surface area contributed by atoms with E-state index in [0.29, 0.717) is 24.5 Å². The van der Waals surface area contributed by atoms with Gasteiger partial charge >= 0.3 is 0 Å². The Morgan fingerprint density at radius 3 is 2.52 bits per heavy atom. The molecule has 0 saturated heterocycles. The fraction of sp³-hybridized carbons (Fsp3) is 0.105. The molecule has 4 aromatic rings. The van der Waals surface area contributed by atoms with E-state index in [2.05, 4.69) is 26.3 Å². The molecule has 0 bridgehead atoms. The molecule has 0 radical (unpaired) electrons. The van der Waals surface area contributed by atoms with Crippen molar-refractivity contribution in [2.75, 3.05) is 11.9 Å². The zero-order valence-corrected chi connectivity index (χ0v) is 14.1. The number of fused-ring (bicyclic) bond motifs is 1. The molecule has 4 nitrogen and oxygen atoms in total. The Bertz CT molecular complexity index is 965. The van der Waals surface area contributed by atoms with Gasteiger partial charge in [0.2, 0.25) is 5.95 Å². The molecule has 0 amide bonds. The summed E-state index contributed by atoms with van der Waals surface area (Å²) in [4.78, 5) is 13.3. The molecule has 0 unspecified atom stereocenters. The second kappa shape index (κ2) is 6.94. The van der Waals surface area contributed by atoms with Crippen molar-refractivity contribution in [3.8, 4) is 10.6 Å². The summed E-state index contributed by atoms with van der Waals surface area (Å²) in [6.45, 7) is 0.571. The number of aromatic nitrogens is 3. The summed E-state index contributed by atoms with van der Waals surface area (Å²) in [5.41, 5.74) is 2.55. The number of rotatable bonds is 5. The number of hydrogen-bond acceptors (Lipinski definition) is 5. The summed E-state index contributed by atoms with van der Waals surface area (Å²) >= 11 is 1.62. The minimum absolute atomic E-state index is 0.184. The lowest BCUT2D eigenvalue weighted by atomic mass is 10.1. The van der Waals surface area contributed by atoms with Gasteiger partial charge < -0.3 is 5.32 Å². The van der Waals surface area contributed by atoms with Crippen molar-refractivity contribution in [2.24, 2.45) is 0 Å². The van der Waals surface area contributed by atoms with E-state index in [4.69, 9.17) is 0 Å². The highest BCUT2D eigenvalue weighted by Gasteiger charge is 2.07. The van der Waals surface area contributed by atoms with Gasteiger partial charge in [0.25, 0.3) is 0 Å². The van der Waals surface area contributed by atoms with Crippen LogP contribution in [0.25, 0.3) is 20.8 Å². The average Bonchev–Trinajstić information content (AvgIpc) is 3.08. The molecule has 0 spiro atoms. The predicted octanol–water partition coefficient (Wildman–Crippen LogP) is 4.55. The topological polar surface area (TPSA) is 50.7 Å². The molecule has 0 atom stereocenters. The molecule has 0 aliphatic heterocycles. The standard InChI is InChI=1S/C19H15FN4S/c20-15-6-2-1-5-13(15)9-10-21-19-22-11-14(12-23-19)18-24-16-7-3-4-8-17(16)25-18/h1-8,11-12H,9-10H2,(H,21,22,23). The molecule has 2 aromatic carbocycles. The number of hydrogen-bond donors (Lipinski definition) is 1. The average molecular weight is 350 g/mol. The molecule has 1 N–H and O–H groups in total. The third kappa shape index (κ3) is 3.49. The van der Waals surface area contributed by atoms with Gasteiger partial charge in [0.05, 0.1) is 10.2 Å². The molecule has 4 rings (SSSR count). The Balaban J connectivity index is 1.42. The normalized spacial score (nSPS) is 10.9. The minimum atomic E-state index is -0.184. The number of benzene rings is 2. The van der Waals surface area contributed by atoms with Gasteiger partial charge in [-0.15, -0.1) is 11.3 Å². The Morgan fingerprint density at radius 1 is 0.960 bits per heavy atom. The van der Waals surface area contributed by atoms with Gasteiger partial charge in [-0.3, -0.25) is 0 Å². The highest BCUT2D eigenvalue weighted by Crippen LogP contribution is 2.29. The maximum absolute atomic E-state index is 13.6. The van der Waals surface area contributed by atoms with Gasteiger partial charge in [-0.1, -0.05) is 30.3 Å². The van der Waals surface area contributed by atoms with E-state index in [-0.39, 0.29) is 5.82 Å². The molecule has 2 aromatic heterocycles. The molecule has 124 valence electrons. The van der Waals surface area contributed by atoms with Crippen LogP contribution in [-0.4, -0.2) is 21.5 Å². The molecule has 0 fully saturated rings. The first-order chi connectivity index (χ1) is 12.3. The lowest BCUT2D eigenvalue weighted by Crippen LogP contribution is -2.08. The lowest BCUT2D eigenvalue weighted by molar-refractivity contribution is 0.610. The quantitative estimate of drug-likeness (QED) is 0.574. The number of nitrogens with zero attached hydrogens (tertiary/aromatic N) is 3. The largest absolute Gasteiger partial charge is 0.354 e. The zero-order chi connectivity index (χ0) is 17.1. The number of anilines is 1. The van der Waals surface area contributed by atoms with Crippen LogP contribution in [0.5, 0.6) is 0 Å². The first-order valence-corrected chi connectivity index (χ1v) is 8.76. The van der Waals surface area contributed by atoms with Crippen LogP contribution in [0.4, 0.5) is 10.3 Å². The lowest BCUT2D eigenvalue weighted by Gasteiger charge is -2.06. The third-order valence-corrected chi connectivity index (χ3v) is 4.91. The number of halogens is 1. The van der Waals surface area contributed by atoms with E-state index in [0.717, 1.165) is 20.8 Å². The van der Waals surface area contributed by atoms with Crippen molar-refractivity contribution in [1.29, 1.82) is 0 Å². The zero-order valence-electron chi connectivity index (χ0n) is 13.3. The van der Waals surface area contributed by atoms with Crippen LogP contribution in [0.3, 0.4) is 0 Å². The molecule has 0 aliphatic rings. The van der Waals surface area contributed by atoms with Crippen LogP contribution in [0.15, 0.2) is 60.9 Å². The second-order valence-corrected chi connectivity index (χ2v) is 6.58. The van der Waals surface area contributed by atoms with E-state index in [1.54, 1.807) is 35.9 Å². The fourth-order valence-electron chi connectivity index (χ4n) is 2.54. The Hall–Kier alpha value is -2.86. The Morgan fingerprint density at radius 2 is 1.72 bits per heavy atom. The van der Waals surface area contributed by atoms with Crippen LogP contribution in [-0.2, 0) is 6.42 Å². The van der Waals surface area contributed by atoms with Gasteiger partial charge in [0.15, 0.2) is 0 Å². The van der Waals surface area contributed by atoms with Gasteiger partial charge in [-0.25, -0.2) is 19.3 Å². The molecular weight excluding hydrogens is 335 g/mol. The molecular formula is C19H15FN4S. The van der Waals surface area contributed by atoms with Crippen LogP contribution in [0.2, 0.25) is 0 Å². The van der Waals surface area contributed by atoms with E-state index in [1.807, 2.05) is 24.3 Å². The highest BCUT2D eigenvalue weighted by molar-refractivity contribution is 7.21. The van der Waals surface area contributed by atoms with E-state index in [9.17, 15) is 4.39 Å². The molecule has 0 saturated carbocycles. The maximum Gasteiger partial charge on any atom is 0.222 e. The number of thiazole rings is 1. The first kappa shape index (κ1) is 15.7. The number of nitrogens with one attached hydrogen (secondary N) is 1. The molecule has 25 heavy (non-hydrogen) atoms. The summed E-state index contributed by atoms with van der Waals surface area (Å²) in [7, 11) is 0. The van der Waals surface area contributed by atoms with Crippen LogP contribution in [0.1, 0.15) is 5.56 Å². The summed E-state index contributed by atoms with van der Waals surface area (Å²) in [5, 5.41) is 4.02. The SMILES string of the molecule is Fc1ccccc1CCNc1ncc(-c2nc3ccccc3s2)cn1. The van der Waals surface area contributed by atoms with Crippen molar-refractivity contribution >= 4 is 27.5 Å². The van der Waals surface area contributed by atoms with Gasteiger partial charge in [-0.2, -0.15) is 0 Å². The number of para-hydroxylation sites is 1. The van der Waals surface area contributed by atoms with Crippen molar-refractivity contribution in [2.45, 2.75) is 6.42 Å². The van der Waals surface area contributed by atoms with Crippen molar-refractivity contribution in [1.82, 2.24) is 15.0 Å². The van der Waals surface area contributed by atoms with Crippen LogP contribution >= 0.6 is 11.3 Å². The monoisotopic (exact) mass is 350 g/mol. The van der Waals surface area contributed by atoms with Crippen LogP contribution in [0, 0.1) is 5.82 Å². The van der Waals surface area contributed by atoms with Gasteiger partial charge in [0, 0.05) is 24.5 Å². The molecule has 0 aliphatic carbocycles. The minimum Gasteiger partial charge on any atom is -0.354 e. The Labute approximate surface area is 148 Å². The first-order valence-electron chi connectivity index (χ1n) is 7.95. The summed E-state index contributed by atoms with van der Waals surface area (Å²) in [6, 6.07) is 14.8. The van der Waals surface area contributed by atoms with Gasteiger partial charge in [0.1, 0.15) is 10.8 Å².